The van der Waals surface area contributed by atoms with E-state index >= 15 is 0 Å². The molecule has 2 fully saturated rings. The van der Waals surface area contributed by atoms with E-state index < -0.39 is 12.2 Å². The number of ether oxygens (including phenoxy) is 1. The Morgan fingerprint density at radius 1 is 1.34 bits per heavy atom. The van der Waals surface area contributed by atoms with Crippen LogP contribution in [0.15, 0.2) is 16.0 Å². The maximum absolute atomic E-state index is 13.8. The first kappa shape index (κ1) is 20.0. The molecule has 29 heavy (non-hydrogen) atoms. The predicted octanol–water partition coefficient (Wildman–Crippen LogP) is 1.85. The Hall–Kier alpha value is -2.30. The van der Waals surface area contributed by atoms with Gasteiger partial charge in [0, 0.05) is 25.1 Å². The second-order valence-electron chi connectivity index (χ2n) is 7.86. The van der Waals surface area contributed by atoms with Crippen LogP contribution in [-0.2, 0) is 11.3 Å². The molecule has 4 rings (SSSR count). The second kappa shape index (κ2) is 7.51. The average molecular weight is 415 g/mol. The third-order valence-corrected chi connectivity index (χ3v) is 5.78. The third kappa shape index (κ3) is 3.92. The molecular weight excluding hydrogens is 391 g/mol. The molecule has 3 aliphatic rings. The first-order valence-electron chi connectivity index (χ1n) is 9.80. The highest BCUT2D eigenvalue weighted by molar-refractivity contribution is 5.92. The van der Waals surface area contributed by atoms with E-state index in [4.69, 9.17) is 4.74 Å². The lowest BCUT2D eigenvalue weighted by Gasteiger charge is -2.40. The number of aromatic nitrogens is 2. The van der Waals surface area contributed by atoms with Gasteiger partial charge in [0.1, 0.15) is 11.9 Å². The van der Waals surface area contributed by atoms with Crippen molar-refractivity contribution in [3.8, 4) is 0 Å². The van der Waals surface area contributed by atoms with Crippen molar-refractivity contribution in [1.82, 2.24) is 9.55 Å². The van der Waals surface area contributed by atoms with E-state index in [9.17, 15) is 23.2 Å². The molecule has 1 aliphatic carbocycles. The fourth-order valence-corrected chi connectivity index (χ4v) is 4.03. The maximum Gasteiger partial charge on any atom is 0.408 e. The van der Waals surface area contributed by atoms with Crippen molar-refractivity contribution < 1.29 is 23.1 Å². The van der Waals surface area contributed by atoms with E-state index in [1.54, 1.807) is 0 Å². The van der Waals surface area contributed by atoms with Crippen LogP contribution in [0.2, 0.25) is 0 Å². The zero-order valence-corrected chi connectivity index (χ0v) is 16.1. The summed E-state index contributed by atoms with van der Waals surface area (Å²) in [5.41, 5.74) is -0.0877. The fraction of sp³-hybridized carbons (Fsp3) is 0.722. The van der Waals surface area contributed by atoms with Crippen molar-refractivity contribution in [3.63, 3.8) is 0 Å². The molecule has 1 aromatic heterocycles. The Bertz CT molecular complexity index is 852. The predicted molar refractivity (Wildman–Crippen MR) is 99.9 cm³/mol. The molecule has 0 aromatic carbocycles. The van der Waals surface area contributed by atoms with Gasteiger partial charge in [-0.15, -0.1) is 0 Å². The molecule has 1 saturated heterocycles. The summed E-state index contributed by atoms with van der Waals surface area (Å²) in [7, 11) is 0. The number of hydrogen-bond acceptors (Lipinski definition) is 7. The largest absolute Gasteiger partial charge is 0.411 e. The van der Waals surface area contributed by atoms with Gasteiger partial charge >= 0.3 is 6.18 Å². The van der Waals surface area contributed by atoms with Crippen LogP contribution in [0.4, 0.5) is 24.9 Å². The SMILES string of the molecule is CC1COCCN1c1cc(=O)n2c(n1)N(C/C(=N/O)C1CC1)C(C(F)(F)F)CC2. The minimum absolute atomic E-state index is 0.0153. The monoisotopic (exact) mass is 415 g/mol. The molecule has 2 atom stereocenters. The normalized spacial score (nSPS) is 25.9. The number of rotatable bonds is 4. The lowest BCUT2D eigenvalue weighted by Crippen LogP contribution is -2.54. The van der Waals surface area contributed by atoms with E-state index in [-0.39, 0.29) is 43.0 Å². The van der Waals surface area contributed by atoms with Gasteiger partial charge in [0.25, 0.3) is 5.56 Å². The van der Waals surface area contributed by atoms with Crippen LogP contribution in [0.3, 0.4) is 0 Å². The van der Waals surface area contributed by atoms with Crippen molar-refractivity contribution >= 4 is 17.5 Å². The van der Waals surface area contributed by atoms with Crippen molar-refractivity contribution in [2.75, 3.05) is 36.1 Å². The molecule has 0 radical (unpaired) electrons. The van der Waals surface area contributed by atoms with Crippen LogP contribution >= 0.6 is 0 Å². The summed E-state index contributed by atoms with van der Waals surface area (Å²) in [6.45, 7) is 3.07. The van der Waals surface area contributed by atoms with Crippen LogP contribution in [0.1, 0.15) is 26.2 Å². The molecule has 2 aliphatic heterocycles. The molecule has 0 amide bonds. The molecule has 2 unspecified atom stereocenters. The van der Waals surface area contributed by atoms with Gasteiger partial charge in [0.15, 0.2) is 0 Å². The Labute approximate surface area is 165 Å². The molecule has 1 aromatic rings. The molecule has 1 N–H and O–H groups in total. The quantitative estimate of drug-likeness (QED) is 0.459. The lowest BCUT2D eigenvalue weighted by atomic mass is 10.1. The summed E-state index contributed by atoms with van der Waals surface area (Å²) >= 11 is 0. The molecule has 8 nitrogen and oxygen atoms in total. The third-order valence-electron chi connectivity index (χ3n) is 5.78. The van der Waals surface area contributed by atoms with Crippen LogP contribution in [-0.4, -0.2) is 65.0 Å². The van der Waals surface area contributed by atoms with Gasteiger partial charge in [-0.1, -0.05) is 5.16 Å². The Kier molecular flexibility index (Phi) is 5.18. The molecule has 160 valence electrons. The van der Waals surface area contributed by atoms with Crippen LogP contribution < -0.4 is 15.4 Å². The topological polar surface area (TPSA) is 83.2 Å². The Balaban J connectivity index is 1.76. The highest BCUT2D eigenvalue weighted by Gasteiger charge is 2.48. The first-order valence-corrected chi connectivity index (χ1v) is 9.80. The van der Waals surface area contributed by atoms with E-state index in [0.29, 0.717) is 31.3 Å². The van der Waals surface area contributed by atoms with Crippen molar-refractivity contribution in [2.45, 2.75) is 51.0 Å². The summed E-state index contributed by atoms with van der Waals surface area (Å²) in [6, 6.07) is -0.461. The van der Waals surface area contributed by atoms with E-state index in [1.807, 2.05) is 11.8 Å². The number of nitrogens with zero attached hydrogens (tertiary/aromatic N) is 5. The van der Waals surface area contributed by atoms with Gasteiger partial charge in [0.2, 0.25) is 5.95 Å². The fourth-order valence-electron chi connectivity index (χ4n) is 4.03. The highest BCUT2D eigenvalue weighted by Crippen LogP contribution is 2.37. The smallest absolute Gasteiger partial charge is 0.408 e. The number of anilines is 2. The number of halogens is 3. The van der Waals surface area contributed by atoms with Crippen molar-refractivity contribution in [3.05, 3.63) is 16.4 Å². The zero-order valence-electron chi connectivity index (χ0n) is 16.1. The standard InChI is InChI=1S/C18H24F3N5O3/c1-11-10-29-7-6-24(11)15-8-16(27)25-5-4-14(18(19,20)21)26(17(25)22-15)9-13(23-28)12-2-3-12/h8,11-12,14,28H,2-7,9-10H2,1H3/b23-13-. The van der Waals surface area contributed by atoms with Crippen LogP contribution in [0, 0.1) is 5.92 Å². The van der Waals surface area contributed by atoms with Crippen LogP contribution in [0.25, 0.3) is 0 Å². The van der Waals surface area contributed by atoms with Gasteiger partial charge in [-0.25, -0.2) is 0 Å². The van der Waals surface area contributed by atoms with Crippen molar-refractivity contribution in [2.24, 2.45) is 11.1 Å². The van der Waals surface area contributed by atoms with Crippen molar-refractivity contribution in [1.29, 1.82) is 0 Å². The maximum atomic E-state index is 13.8. The highest BCUT2D eigenvalue weighted by atomic mass is 19.4. The molecule has 0 bridgehead atoms. The summed E-state index contributed by atoms with van der Waals surface area (Å²) in [6.07, 6.45) is -3.17. The molecule has 11 heteroatoms. The minimum atomic E-state index is -4.49. The van der Waals surface area contributed by atoms with E-state index in [1.165, 1.54) is 10.6 Å². The molecular formula is C18H24F3N5O3. The average Bonchev–Trinajstić information content (AvgIpc) is 3.50. The van der Waals surface area contributed by atoms with E-state index in [0.717, 1.165) is 17.7 Å². The van der Waals surface area contributed by atoms with Gasteiger partial charge < -0.3 is 19.7 Å². The van der Waals surface area contributed by atoms with Crippen LogP contribution in [0.5, 0.6) is 0 Å². The number of morpholine rings is 1. The summed E-state index contributed by atoms with van der Waals surface area (Å²) in [5, 5.41) is 12.6. The number of oxime groups is 1. The minimum Gasteiger partial charge on any atom is -0.411 e. The van der Waals surface area contributed by atoms with Gasteiger partial charge in [0.05, 0.1) is 31.5 Å². The zero-order chi connectivity index (χ0) is 20.8. The Morgan fingerprint density at radius 2 is 2.10 bits per heavy atom. The molecule has 0 spiro atoms. The van der Waals surface area contributed by atoms with Gasteiger partial charge in [-0.05, 0) is 26.2 Å². The number of alkyl halides is 3. The van der Waals surface area contributed by atoms with Gasteiger partial charge in [-0.2, -0.15) is 18.2 Å². The second-order valence-corrected chi connectivity index (χ2v) is 7.86. The summed E-state index contributed by atoms with van der Waals surface area (Å²) in [5.74, 6) is 0.304. The molecule has 3 heterocycles. The summed E-state index contributed by atoms with van der Waals surface area (Å²) < 4.78 is 48.0. The molecule has 1 saturated carbocycles. The summed E-state index contributed by atoms with van der Waals surface area (Å²) in [4.78, 5) is 20.2. The number of hydrogen-bond donors (Lipinski definition) is 1. The lowest BCUT2D eigenvalue weighted by molar-refractivity contribution is -0.152. The first-order chi connectivity index (χ1) is 13.8. The van der Waals surface area contributed by atoms with Gasteiger partial charge in [-0.3, -0.25) is 9.36 Å². The Morgan fingerprint density at radius 3 is 2.72 bits per heavy atom. The number of fused-ring (bicyclic) bond motifs is 1. The van der Waals surface area contributed by atoms with E-state index in [2.05, 4.69) is 10.1 Å².